The molecular formula is C19H28O2. The van der Waals surface area contributed by atoms with Crippen molar-refractivity contribution in [1.29, 1.82) is 0 Å². The molecule has 7 atom stereocenters. The topological polar surface area (TPSA) is 37.3 Å². The molecular weight excluding hydrogens is 260 g/mol. The highest BCUT2D eigenvalue weighted by Crippen LogP contribution is 2.57. The van der Waals surface area contributed by atoms with Crippen molar-refractivity contribution < 1.29 is 9.90 Å². The summed E-state index contributed by atoms with van der Waals surface area (Å²) in [4.78, 5) is 11.9. The van der Waals surface area contributed by atoms with Crippen molar-refractivity contribution in [3.05, 3.63) is 11.6 Å². The molecule has 0 aromatic carbocycles. The third-order valence-electron chi connectivity index (χ3n) is 7.26. The van der Waals surface area contributed by atoms with Crippen molar-refractivity contribution >= 4 is 5.78 Å². The molecule has 21 heavy (non-hydrogen) atoms. The number of Topliss-reactive ketones (excluding diaryl/α,β-unsaturated/α-hetero) is 1. The van der Waals surface area contributed by atoms with E-state index >= 15 is 0 Å². The molecule has 0 bridgehead atoms. The Hall–Kier alpha value is -0.630. The van der Waals surface area contributed by atoms with E-state index in [0.717, 1.165) is 42.9 Å². The quantitative estimate of drug-likeness (QED) is 0.746. The van der Waals surface area contributed by atoms with Crippen molar-refractivity contribution in [2.24, 2.45) is 35.5 Å². The number of fused-ring (bicyclic) bond motifs is 5. The lowest BCUT2D eigenvalue weighted by Gasteiger charge is -2.49. The number of hydrogen-bond acceptors (Lipinski definition) is 2. The number of carbonyl (C=O) groups excluding carboxylic acids is 1. The van der Waals surface area contributed by atoms with Crippen LogP contribution in [0.5, 0.6) is 0 Å². The van der Waals surface area contributed by atoms with Gasteiger partial charge in [-0.25, -0.2) is 0 Å². The third-order valence-corrected chi connectivity index (χ3v) is 7.26. The zero-order valence-corrected chi connectivity index (χ0v) is 13.1. The first kappa shape index (κ1) is 14.0. The SMILES string of the molecule is CC(=O)[C@H]1CC[C@@H]2[C@@H]1CC[C@@H]1C3CC[C@H](O)CC3=CC[C@@H]21. The Morgan fingerprint density at radius 2 is 1.76 bits per heavy atom. The van der Waals surface area contributed by atoms with E-state index in [1.54, 1.807) is 12.5 Å². The predicted octanol–water partition coefficient (Wildman–Crippen LogP) is 3.74. The van der Waals surface area contributed by atoms with Gasteiger partial charge in [-0.3, -0.25) is 4.79 Å². The molecule has 0 spiro atoms. The maximum absolute atomic E-state index is 11.9. The van der Waals surface area contributed by atoms with Gasteiger partial charge in [0.25, 0.3) is 0 Å². The average molecular weight is 288 g/mol. The molecule has 0 saturated heterocycles. The minimum Gasteiger partial charge on any atom is -0.393 e. The van der Waals surface area contributed by atoms with Crippen LogP contribution in [0.25, 0.3) is 0 Å². The second-order valence-corrected chi connectivity index (χ2v) is 8.08. The number of aliphatic hydroxyl groups is 1. The molecule has 2 nitrogen and oxygen atoms in total. The van der Waals surface area contributed by atoms with E-state index in [4.69, 9.17) is 0 Å². The Morgan fingerprint density at radius 1 is 1.00 bits per heavy atom. The first-order valence-corrected chi connectivity index (χ1v) is 9.02. The van der Waals surface area contributed by atoms with Crippen LogP contribution in [0.2, 0.25) is 0 Å². The van der Waals surface area contributed by atoms with Crippen LogP contribution in [0.15, 0.2) is 11.6 Å². The largest absolute Gasteiger partial charge is 0.393 e. The van der Waals surface area contributed by atoms with Crippen molar-refractivity contribution in [3.8, 4) is 0 Å². The van der Waals surface area contributed by atoms with Crippen LogP contribution in [0.1, 0.15) is 58.3 Å². The van der Waals surface area contributed by atoms with Crippen molar-refractivity contribution in [2.45, 2.75) is 64.4 Å². The number of rotatable bonds is 1. The summed E-state index contributed by atoms with van der Waals surface area (Å²) in [5, 5.41) is 9.91. The first-order valence-electron chi connectivity index (χ1n) is 9.02. The molecule has 0 amide bonds. The van der Waals surface area contributed by atoms with Crippen LogP contribution < -0.4 is 0 Å². The summed E-state index contributed by atoms with van der Waals surface area (Å²) in [6.45, 7) is 1.81. The Bertz CT molecular complexity index is 466. The van der Waals surface area contributed by atoms with E-state index in [1.807, 2.05) is 0 Å². The molecule has 0 aliphatic heterocycles. The van der Waals surface area contributed by atoms with Gasteiger partial charge in [-0.15, -0.1) is 0 Å². The van der Waals surface area contributed by atoms with Gasteiger partial charge >= 0.3 is 0 Å². The van der Waals surface area contributed by atoms with E-state index in [-0.39, 0.29) is 6.10 Å². The predicted molar refractivity (Wildman–Crippen MR) is 82.6 cm³/mol. The second kappa shape index (κ2) is 5.22. The Morgan fingerprint density at radius 3 is 2.57 bits per heavy atom. The molecule has 4 aliphatic carbocycles. The fourth-order valence-corrected chi connectivity index (χ4v) is 6.41. The molecule has 1 unspecified atom stereocenters. The summed E-state index contributed by atoms with van der Waals surface area (Å²) in [6, 6.07) is 0. The van der Waals surface area contributed by atoms with E-state index in [1.165, 1.54) is 32.1 Å². The lowest BCUT2D eigenvalue weighted by Crippen LogP contribution is -2.42. The maximum Gasteiger partial charge on any atom is 0.133 e. The minimum atomic E-state index is -0.0889. The summed E-state index contributed by atoms with van der Waals surface area (Å²) in [5.74, 6) is 4.74. The number of allylic oxidation sites excluding steroid dienone is 1. The Labute approximate surface area is 128 Å². The maximum atomic E-state index is 11.9. The molecule has 0 heterocycles. The molecule has 4 aliphatic rings. The number of ketones is 1. The fraction of sp³-hybridized carbons (Fsp3) is 0.842. The van der Waals surface area contributed by atoms with Gasteiger partial charge in [-0.05, 0) is 87.9 Å². The highest BCUT2D eigenvalue weighted by atomic mass is 16.3. The van der Waals surface area contributed by atoms with Crippen LogP contribution in [0.4, 0.5) is 0 Å². The molecule has 3 fully saturated rings. The molecule has 2 heteroatoms. The van der Waals surface area contributed by atoms with Gasteiger partial charge in [-0.1, -0.05) is 11.6 Å². The molecule has 1 N–H and O–H groups in total. The number of hydrogen-bond donors (Lipinski definition) is 1. The molecule has 0 aromatic heterocycles. The van der Waals surface area contributed by atoms with E-state index in [9.17, 15) is 9.90 Å². The normalized spacial score (nSPS) is 48.9. The van der Waals surface area contributed by atoms with Gasteiger partial charge in [0.1, 0.15) is 5.78 Å². The molecule has 4 rings (SSSR count). The molecule has 0 radical (unpaired) electrons. The lowest BCUT2D eigenvalue weighted by molar-refractivity contribution is -0.122. The Balaban J connectivity index is 1.56. The highest BCUT2D eigenvalue weighted by Gasteiger charge is 2.50. The van der Waals surface area contributed by atoms with E-state index < -0.39 is 0 Å². The van der Waals surface area contributed by atoms with Crippen molar-refractivity contribution in [3.63, 3.8) is 0 Å². The Kier molecular flexibility index (Phi) is 3.48. The van der Waals surface area contributed by atoms with Crippen molar-refractivity contribution in [1.82, 2.24) is 0 Å². The average Bonchev–Trinajstić information content (AvgIpc) is 2.90. The van der Waals surface area contributed by atoms with Crippen LogP contribution in [0, 0.1) is 35.5 Å². The van der Waals surface area contributed by atoms with Gasteiger partial charge in [0.2, 0.25) is 0 Å². The second-order valence-electron chi connectivity index (χ2n) is 8.08. The first-order chi connectivity index (χ1) is 10.1. The number of aliphatic hydroxyl groups excluding tert-OH is 1. The summed E-state index contributed by atoms with van der Waals surface area (Å²) in [7, 11) is 0. The highest BCUT2D eigenvalue weighted by molar-refractivity contribution is 5.79. The van der Waals surface area contributed by atoms with Crippen LogP contribution in [0.3, 0.4) is 0 Å². The summed E-state index contributed by atoms with van der Waals surface area (Å²) in [6.07, 6.45) is 11.8. The fourth-order valence-electron chi connectivity index (χ4n) is 6.41. The molecule has 0 aromatic rings. The summed E-state index contributed by atoms with van der Waals surface area (Å²) < 4.78 is 0. The van der Waals surface area contributed by atoms with Gasteiger partial charge < -0.3 is 5.11 Å². The number of carbonyl (C=O) groups is 1. The minimum absolute atomic E-state index is 0.0889. The van der Waals surface area contributed by atoms with Gasteiger partial charge in [0.15, 0.2) is 0 Å². The van der Waals surface area contributed by atoms with Gasteiger partial charge in [0, 0.05) is 5.92 Å². The van der Waals surface area contributed by atoms with Crippen LogP contribution in [-0.2, 0) is 4.79 Å². The zero-order valence-electron chi connectivity index (χ0n) is 13.1. The van der Waals surface area contributed by atoms with Crippen molar-refractivity contribution in [2.75, 3.05) is 0 Å². The molecule has 116 valence electrons. The zero-order chi connectivity index (χ0) is 14.6. The summed E-state index contributed by atoms with van der Waals surface area (Å²) in [5.41, 5.74) is 1.56. The molecule has 3 saturated carbocycles. The monoisotopic (exact) mass is 288 g/mol. The van der Waals surface area contributed by atoms with Crippen LogP contribution >= 0.6 is 0 Å². The smallest absolute Gasteiger partial charge is 0.133 e. The van der Waals surface area contributed by atoms with Gasteiger partial charge in [0.05, 0.1) is 6.10 Å². The lowest BCUT2D eigenvalue weighted by atomic mass is 9.56. The standard InChI is InChI=1S/C19H28O2/c1-11(20)14-6-7-19-16(14)8-9-17-15-5-3-13(21)10-12(15)2-4-18(17)19/h2,13-19,21H,3-10H2,1H3/t13-,14+,15?,16+,17+,18+,19+/m0/s1. The third kappa shape index (κ3) is 2.21. The summed E-state index contributed by atoms with van der Waals surface area (Å²) >= 11 is 0. The van der Waals surface area contributed by atoms with Gasteiger partial charge in [-0.2, -0.15) is 0 Å². The van der Waals surface area contributed by atoms with E-state index in [0.29, 0.717) is 17.6 Å². The van der Waals surface area contributed by atoms with E-state index in [2.05, 4.69) is 6.08 Å². The van der Waals surface area contributed by atoms with Crippen LogP contribution in [-0.4, -0.2) is 17.0 Å².